The molecule has 0 spiro atoms. The highest BCUT2D eigenvalue weighted by Crippen LogP contribution is 2.50. The van der Waals surface area contributed by atoms with E-state index in [1.54, 1.807) is 12.1 Å². The predicted molar refractivity (Wildman–Crippen MR) is 153 cm³/mol. The van der Waals surface area contributed by atoms with E-state index in [1.807, 2.05) is 49.4 Å². The van der Waals surface area contributed by atoms with Crippen molar-refractivity contribution in [2.24, 2.45) is 17.8 Å². The van der Waals surface area contributed by atoms with Crippen LogP contribution in [0.2, 0.25) is 6.32 Å². The zero-order valence-corrected chi connectivity index (χ0v) is 23.5. The van der Waals surface area contributed by atoms with E-state index in [0.29, 0.717) is 37.8 Å². The highest BCUT2D eigenvalue weighted by atomic mass is 79.9. The van der Waals surface area contributed by atoms with Gasteiger partial charge in [0.2, 0.25) is 11.8 Å². The molecule has 3 N–H and O–H groups in total. The monoisotopic (exact) mass is 593 g/mol. The summed E-state index contributed by atoms with van der Waals surface area (Å²) in [4.78, 5) is 27.9. The second-order valence-corrected chi connectivity index (χ2v) is 11.5. The van der Waals surface area contributed by atoms with Crippen LogP contribution in [-0.2, 0) is 14.2 Å². The average molecular weight is 594 g/mol. The van der Waals surface area contributed by atoms with E-state index < -0.39 is 25.1 Å². The van der Waals surface area contributed by atoms with Crippen molar-refractivity contribution in [3.63, 3.8) is 0 Å². The van der Waals surface area contributed by atoms with Crippen molar-refractivity contribution in [3.8, 4) is 5.75 Å². The molecule has 0 saturated carbocycles. The fourth-order valence-corrected chi connectivity index (χ4v) is 6.87. The van der Waals surface area contributed by atoms with E-state index in [-0.39, 0.29) is 36.4 Å². The number of phenolic OH excluding ortho intramolecular Hbond substituents is 1. The summed E-state index contributed by atoms with van der Waals surface area (Å²) in [7, 11) is -1.07. The van der Waals surface area contributed by atoms with Gasteiger partial charge in [-0.1, -0.05) is 53.2 Å². The number of amides is 2. The van der Waals surface area contributed by atoms with Gasteiger partial charge in [-0.25, -0.2) is 0 Å². The molecule has 2 fully saturated rings. The van der Waals surface area contributed by atoms with Crippen LogP contribution in [0, 0.1) is 17.8 Å². The van der Waals surface area contributed by atoms with E-state index >= 15 is 0 Å². The molecule has 3 aliphatic rings. The predicted octanol–water partition coefficient (Wildman–Crippen LogP) is 4.67. The second-order valence-electron chi connectivity index (χ2n) is 10.6. The fourth-order valence-electron chi connectivity index (χ4n) is 6.49. The number of rotatable bonds is 8. The van der Waals surface area contributed by atoms with Crippen LogP contribution >= 0.6 is 15.9 Å². The lowest BCUT2D eigenvalue weighted by Crippen LogP contribution is -2.46. The molecule has 204 valence electrons. The van der Waals surface area contributed by atoms with Gasteiger partial charge in [-0.3, -0.25) is 14.5 Å². The van der Waals surface area contributed by atoms with Crippen molar-refractivity contribution in [1.29, 1.82) is 0 Å². The van der Waals surface area contributed by atoms with Crippen molar-refractivity contribution >= 4 is 46.5 Å². The minimum atomic E-state index is -1.07. The molecular formula is C30H33BBrNO6. The number of carbonyl (C=O) groups excluding carboxylic acids is 2. The molecule has 0 aromatic heterocycles. The molecule has 9 heteroatoms. The van der Waals surface area contributed by atoms with Crippen LogP contribution in [0.4, 0.5) is 0 Å². The number of halogens is 1. The van der Waals surface area contributed by atoms with Crippen LogP contribution in [0.15, 0.2) is 64.1 Å². The Morgan fingerprint density at radius 2 is 1.92 bits per heavy atom. The Labute approximate surface area is 237 Å². The summed E-state index contributed by atoms with van der Waals surface area (Å²) in [5, 5.41) is 31.5. The number of carbonyl (C=O) groups is 2. The largest absolute Gasteiger partial charge is 0.507 e. The molecular weight excluding hydrogens is 561 g/mol. The number of imide groups is 1. The minimum Gasteiger partial charge on any atom is -0.507 e. The van der Waals surface area contributed by atoms with Gasteiger partial charge in [0, 0.05) is 16.6 Å². The molecule has 5 rings (SSSR count). The summed E-state index contributed by atoms with van der Waals surface area (Å²) in [5.41, 5.74) is 4.25. The minimum absolute atomic E-state index is 0.167. The second kappa shape index (κ2) is 11.8. The van der Waals surface area contributed by atoms with Crippen molar-refractivity contribution in [3.05, 3.63) is 75.3 Å². The SMILES string of the molecule is CCCN1C(=O)[C@@H]2[C@@H](CC(CO)=C3[C@@H](CC/C(=C/c4cc(Br)ccc4O)c4ccccc4)OB(O)C[C@@H]32)C1=O. The van der Waals surface area contributed by atoms with Crippen LogP contribution in [-0.4, -0.2) is 58.3 Å². The van der Waals surface area contributed by atoms with Crippen LogP contribution in [0.3, 0.4) is 0 Å². The van der Waals surface area contributed by atoms with Gasteiger partial charge in [0.15, 0.2) is 0 Å². The van der Waals surface area contributed by atoms with Crippen LogP contribution < -0.4 is 0 Å². The van der Waals surface area contributed by atoms with Gasteiger partial charge < -0.3 is 19.9 Å². The number of likely N-dealkylation sites (tertiary alicyclic amines) is 1. The summed E-state index contributed by atoms with van der Waals surface area (Å²) in [6.45, 7) is 2.11. The van der Waals surface area contributed by atoms with E-state index in [1.165, 1.54) is 4.90 Å². The molecule has 2 aromatic carbocycles. The fraction of sp³-hybridized carbons (Fsp3) is 0.400. The molecule has 0 bridgehead atoms. The highest BCUT2D eigenvalue weighted by molar-refractivity contribution is 9.10. The van der Waals surface area contributed by atoms with Crippen molar-refractivity contribution < 1.29 is 29.5 Å². The Hall–Kier alpha value is -2.72. The number of allylic oxidation sites excluding steroid dienone is 1. The number of nitrogens with zero attached hydrogens (tertiary/aromatic N) is 1. The third kappa shape index (κ3) is 5.50. The van der Waals surface area contributed by atoms with Gasteiger partial charge in [-0.2, -0.15) is 0 Å². The van der Waals surface area contributed by atoms with E-state index in [0.717, 1.165) is 26.8 Å². The van der Waals surface area contributed by atoms with E-state index in [4.69, 9.17) is 4.65 Å². The van der Waals surface area contributed by atoms with Gasteiger partial charge in [-0.15, -0.1) is 0 Å². The van der Waals surface area contributed by atoms with Gasteiger partial charge in [0.25, 0.3) is 0 Å². The number of aliphatic hydroxyl groups is 1. The Balaban J connectivity index is 1.47. The topological polar surface area (TPSA) is 107 Å². The first-order valence-corrected chi connectivity index (χ1v) is 14.4. The molecule has 2 aromatic rings. The zero-order chi connectivity index (χ0) is 27.7. The lowest BCUT2D eigenvalue weighted by Gasteiger charge is -2.43. The average Bonchev–Trinajstić information content (AvgIpc) is 3.17. The van der Waals surface area contributed by atoms with Gasteiger partial charge >= 0.3 is 7.12 Å². The molecule has 2 aliphatic heterocycles. The zero-order valence-electron chi connectivity index (χ0n) is 21.9. The molecule has 1 aliphatic carbocycles. The number of fused-ring (bicyclic) bond motifs is 3. The molecule has 2 saturated heterocycles. The first kappa shape index (κ1) is 27.8. The van der Waals surface area contributed by atoms with Gasteiger partial charge in [0.05, 0.1) is 24.5 Å². The molecule has 39 heavy (non-hydrogen) atoms. The first-order valence-electron chi connectivity index (χ1n) is 13.6. The van der Waals surface area contributed by atoms with Crippen LogP contribution in [0.25, 0.3) is 11.6 Å². The van der Waals surface area contributed by atoms with Crippen molar-refractivity contribution in [2.45, 2.75) is 45.0 Å². The summed E-state index contributed by atoms with van der Waals surface area (Å²) in [5.74, 6) is -1.55. The van der Waals surface area contributed by atoms with Crippen LogP contribution in [0.1, 0.15) is 43.7 Å². The number of hydrogen-bond donors (Lipinski definition) is 3. The third-order valence-corrected chi connectivity index (χ3v) is 8.67. The van der Waals surface area contributed by atoms with Gasteiger partial charge in [0.1, 0.15) is 5.75 Å². The lowest BCUT2D eigenvalue weighted by atomic mass is 9.58. The number of benzene rings is 2. The Kier molecular flexibility index (Phi) is 8.42. The van der Waals surface area contributed by atoms with Crippen molar-refractivity contribution in [2.75, 3.05) is 13.2 Å². The number of aliphatic hydroxyl groups excluding tert-OH is 1. The molecule has 0 unspecified atom stereocenters. The number of phenols is 1. The standard InChI is InChI=1S/C30H33BBrNO6/c1-2-12-33-29(36)23-15-21(17-34)27-24(28(23)30(33)37)16-31(38)39-26(27)11-8-19(18-6-4-3-5-7-18)13-20-14-22(32)9-10-25(20)35/h3-7,9-10,13-14,23-24,26,28,34-35,38H,2,8,11-12,15-17H2,1H3/b19-13-/t23-,24+,26-,28-/m1/s1. The van der Waals surface area contributed by atoms with Crippen LogP contribution in [0.5, 0.6) is 5.75 Å². The first-order chi connectivity index (χ1) is 18.8. The normalized spacial score (nSPS) is 25.3. The lowest BCUT2D eigenvalue weighted by molar-refractivity contribution is -0.140. The number of aromatic hydroxyl groups is 1. The Bertz CT molecular complexity index is 1310. The molecule has 2 amide bonds. The quantitative estimate of drug-likeness (QED) is 0.178. The summed E-state index contributed by atoms with van der Waals surface area (Å²) in [6.07, 6.45) is 3.75. The Morgan fingerprint density at radius 3 is 2.64 bits per heavy atom. The number of hydrogen-bond acceptors (Lipinski definition) is 6. The van der Waals surface area contributed by atoms with Crippen molar-refractivity contribution in [1.82, 2.24) is 4.90 Å². The van der Waals surface area contributed by atoms with E-state index in [9.17, 15) is 24.8 Å². The summed E-state index contributed by atoms with van der Waals surface area (Å²) >= 11 is 3.48. The highest BCUT2D eigenvalue weighted by Gasteiger charge is 2.56. The molecule has 0 radical (unpaired) electrons. The third-order valence-electron chi connectivity index (χ3n) is 8.18. The maximum atomic E-state index is 13.4. The molecule has 4 atom stereocenters. The Morgan fingerprint density at radius 1 is 1.15 bits per heavy atom. The van der Waals surface area contributed by atoms with E-state index in [2.05, 4.69) is 15.9 Å². The maximum absolute atomic E-state index is 13.4. The molecule has 2 heterocycles. The maximum Gasteiger partial charge on any atom is 0.455 e. The summed E-state index contributed by atoms with van der Waals surface area (Å²) in [6, 6.07) is 15.2. The van der Waals surface area contributed by atoms with Gasteiger partial charge in [-0.05, 0) is 84.5 Å². The summed E-state index contributed by atoms with van der Waals surface area (Å²) < 4.78 is 6.89. The molecule has 7 nitrogen and oxygen atoms in total. The smallest absolute Gasteiger partial charge is 0.455 e.